The summed E-state index contributed by atoms with van der Waals surface area (Å²) in [5, 5.41) is 8.80. The van der Waals surface area contributed by atoms with Crippen molar-refractivity contribution in [2.75, 3.05) is 6.26 Å². The quantitative estimate of drug-likeness (QED) is 0.706. The van der Waals surface area contributed by atoms with Gasteiger partial charge in [-0.15, -0.1) is 6.42 Å². The summed E-state index contributed by atoms with van der Waals surface area (Å²) >= 11 is 1.64. The number of pyridine rings is 1. The van der Waals surface area contributed by atoms with Crippen molar-refractivity contribution >= 4 is 11.8 Å². The highest BCUT2D eigenvalue weighted by atomic mass is 32.2. The lowest BCUT2D eigenvalue weighted by molar-refractivity contribution is 0.968. The number of hydrogen-bond donors (Lipinski definition) is 0. The van der Waals surface area contributed by atoms with Crippen molar-refractivity contribution in [2.24, 2.45) is 0 Å². The van der Waals surface area contributed by atoms with Gasteiger partial charge in [-0.1, -0.05) is 5.92 Å². The van der Waals surface area contributed by atoms with Gasteiger partial charge in [-0.2, -0.15) is 17.0 Å². The average Bonchev–Trinajstić information content (AvgIpc) is 2.26. The first-order chi connectivity index (χ1) is 6.81. The van der Waals surface area contributed by atoms with E-state index in [1.54, 1.807) is 24.2 Å². The SMILES string of the molecule is C#Cc1cncc(C(CC#N)SC)c1. The van der Waals surface area contributed by atoms with Crippen LogP contribution in [0.4, 0.5) is 0 Å². The molecule has 2 nitrogen and oxygen atoms in total. The third-order valence-corrected chi connectivity index (χ3v) is 2.87. The molecular weight excluding hydrogens is 192 g/mol. The summed E-state index contributed by atoms with van der Waals surface area (Å²) in [4.78, 5) is 4.04. The number of rotatable bonds is 3. The van der Waals surface area contributed by atoms with Crippen LogP contribution in [0.15, 0.2) is 18.5 Å². The van der Waals surface area contributed by atoms with E-state index in [2.05, 4.69) is 17.0 Å². The molecule has 14 heavy (non-hydrogen) atoms. The Hall–Kier alpha value is -1.45. The van der Waals surface area contributed by atoms with Crippen LogP contribution in [0.3, 0.4) is 0 Å². The molecule has 0 aliphatic rings. The highest BCUT2D eigenvalue weighted by Gasteiger charge is 2.09. The number of terminal acetylenes is 1. The topological polar surface area (TPSA) is 36.7 Å². The maximum absolute atomic E-state index is 8.63. The molecule has 0 N–H and O–H groups in total. The van der Waals surface area contributed by atoms with Gasteiger partial charge in [-0.05, 0) is 17.9 Å². The molecule has 3 heteroatoms. The van der Waals surface area contributed by atoms with Gasteiger partial charge in [0, 0.05) is 23.2 Å². The molecule has 1 heterocycles. The molecule has 70 valence electrons. The first-order valence-electron chi connectivity index (χ1n) is 4.13. The van der Waals surface area contributed by atoms with Gasteiger partial charge >= 0.3 is 0 Å². The molecule has 1 rings (SSSR count). The maximum atomic E-state index is 8.63. The molecule has 1 aromatic rings. The molecule has 1 atom stereocenters. The number of aromatic nitrogens is 1. The smallest absolute Gasteiger partial charge is 0.0636 e. The minimum atomic E-state index is 0.167. The van der Waals surface area contributed by atoms with Gasteiger partial charge in [-0.3, -0.25) is 4.98 Å². The maximum Gasteiger partial charge on any atom is 0.0636 e. The average molecular weight is 202 g/mol. The van der Waals surface area contributed by atoms with Gasteiger partial charge < -0.3 is 0 Å². The minimum absolute atomic E-state index is 0.167. The Morgan fingerprint density at radius 3 is 3.00 bits per heavy atom. The molecule has 0 aromatic carbocycles. The fourth-order valence-corrected chi connectivity index (χ4v) is 1.78. The third kappa shape index (κ3) is 2.52. The fourth-order valence-electron chi connectivity index (χ4n) is 1.13. The first kappa shape index (κ1) is 10.6. The van der Waals surface area contributed by atoms with E-state index < -0.39 is 0 Å². The van der Waals surface area contributed by atoms with Crippen LogP contribution >= 0.6 is 11.8 Å². The summed E-state index contributed by atoms with van der Waals surface area (Å²) < 4.78 is 0. The van der Waals surface area contributed by atoms with E-state index in [9.17, 15) is 0 Å². The predicted molar refractivity (Wildman–Crippen MR) is 58.7 cm³/mol. The van der Waals surface area contributed by atoms with Gasteiger partial charge in [0.15, 0.2) is 0 Å². The Morgan fingerprint density at radius 1 is 1.64 bits per heavy atom. The lowest BCUT2D eigenvalue weighted by Crippen LogP contribution is -1.94. The van der Waals surface area contributed by atoms with E-state index in [-0.39, 0.29) is 5.25 Å². The van der Waals surface area contributed by atoms with E-state index in [1.807, 2.05) is 12.3 Å². The molecular formula is C11H10N2S. The molecule has 0 bridgehead atoms. The Balaban J connectivity index is 2.94. The summed E-state index contributed by atoms with van der Waals surface area (Å²) in [5.41, 5.74) is 1.79. The monoisotopic (exact) mass is 202 g/mol. The second-order valence-corrected chi connectivity index (χ2v) is 3.78. The van der Waals surface area contributed by atoms with E-state index in [0.29, 0.717) is 6.42 Å². The second kappa shape index (κ2) is 5.32. The summed E-state index contributed by atoms with van der Waals surface area (Å²) in [7, 11) is 0. The molecule has 0 aliphatic heterocycles. The van der Waals surface area contributed by atoms with Gasteiger partial charge in [-0.25, -0.2) is 0 Å². The van der Waals surface area contributed by atoms with Crippen LogP contribution in [-0.2, 0) is 0 Å². The van der Waals surface area contributed by atoms with Crippen molar-refractivity contribution < 1.29 is 0 Å². The van der Waals surface area contributed by atoms with Crippen LogP contribution in [0.25, 0.3) is 0 Å². The zero-order valence-corrected chi connectivity index (χ0v) is 8.71. The molecule has 0 saturated carbocycles. The van der Waals surface area contributed by atoms with Crippen molar-refractivity contribution in [2.45, 2.75) is 11.7 Å². The van der Waals surface area contributed by atoms with E-state index in [4.69, 9.17) is 11.7 Å². The number of nitriles is 1. The van der Waals surface area contributed by atoms with E-state index in [1.165, 1.54) is 0 Å². The zero-order valence-electron chi connectivity index (χ0n) is 7.90. The third-order valence-electron chi connectivity index (χ3n) is 1.86. The van der Waals surface area contributed by atoms with Gasteiger partial charge in [0.05, 0.1) is 12.5 Å². The Labute approximate surface area is 88.4 Å². The number of nitrogens with zero attached hydrogens (tertiary/aromatic N) is 2. The highest BCUT2D eigenvalue weighted by Crippen LogP contribution is 2.29. The molecule has 0 spiro atoms. The van der Waals surface area contributed by atoms with Crippen LogP contribution in [0.1, 0.15) is 22.8 Å². The van der Waals surface area contributed by atoms with Crippen molar-refractivity contribution in [1.29, 1.82) is 5.26 Å². The van der Waals surface area contributed by atoms with Gasteiger partial charge in [0.2, 0.25) is 0 Å². The van der Waals surface area contributed by atoms with Crippen LogP contribution in [0.5, 0.6) is 0 Å². The molecule has 1 aromatic heterocycles. The normalized spacial score (nSPS) is 11.4. The van der Waals surface area contributed by atoms with Gasteiger partial charge in [0.25, 0.3) is 0 Å². The predicted octanol–water partition coefficient (Wildman–Crippen LogP) is 2.38. The molecule has 0 radical (unpaired) electrons. The van der Waals surface area contributed by atoms with Crippen molar-refractivity contribution in [3.05, 3.63) is 29.6 Å². The first-order valence-corrected chi connectivity index (χ1v) is 5.42. The molecule has 0 fully saturated rings. The van der Waals surface area contributed by atoms with E-state index >= 15 is 0 Å². The largest absolute Gasteiger partial charge is 0.263 e. The van der Waals surface area contributed by atoms with E-state index in [0.717, 1.165) is 11.1 Å². The van der Waals surface area contributed by atoms with Crippen LogP contribution in [-0.4, -0.2) is 11.2 Å². The van der Waals surface area contributed by atoms with Crippen molar-refractivity contribution in [3.63, 3.8) is 0 Å². The number of thioether (sulfide) groups is 1. The highest BCUT2D eigenvalue weighted by molar-refractivity contribution is 7.98. The Morgan fingerprint density at radius 2 is 2.43 bits per heavy atom. The molecule has 0 saturated heterocycles. The lowest BCUT2D eigenvalue weighted by atomic mass is 10.1. The zero-order chi connectivity index (χ0) is 10.4. The fraction of sp³-hybridized carbons (Fsp3) is 0.273. The Kier molecular flexibility index (Phi) is 4.04. The molecule has 0 aliphatic carbocycles. The van der Waals surface area contributed by atoms with Crippen LogP contribution in [0, 0.1) is 23.7 Å². The lowest BCUT2D eigenvalue weighted by Gasteiger charge is -2.10. The summed E-state index contributed by atoms with van der Waals surface area (Å²) in [6.45, 7) is 0. The Bertz CT molecular complexity index is 387. The molecule has 1 unspecified atom stereocenters. The molecule has 0 amide bonds. The summed E-state index contributed by atoms with van der Waals surface area (Å²) in [6.07, 6.45) is 11.1. The van der Waals surface area contributed by atoms with Crippen LogP contribution < -0.4 is 0 Å². The van der Waals surface area contributed by atoms with Crippen molar-refractivity contribution in [3.8, 4) is 18.4 Å². The minimum Gasteiger partial charge on any atom is -0.263 e. The van der Waals surface area contributed by atoms with Crippen LogP contribution in [0.2, 0.25) is 0 Å². The van der Waals surface area contributed by atoms with Crippen molar-refractivity contribution in [1.82, 2.24) is 4.98 Å². The second-order valence-electron chi connectivity index (χ2n) is 2.74. The summed E-state index contributed by atoms with van der Waals surface area (Å²) in [5.74, 6) is 2.53. The van der Waals surface area contributed by atoms with Gasteiger partial charge in [0.1, 0.15) is 0 Å². The standard InChI is InChI=1S/C11H10N2S/c1-3-9-6-10(8-13-7-9)11(14-2)4-5-12/h1,6-8,11H,4H2,2H3. The number of hydrogen-bond acceptors (Lipinski definition) is 3. The summed E-state index contributed by atoms with van der Waals surface area (Å²) in [6, 6.07) is 4.06.